The van der Waals surface area contributed by atoms with Crippen LogP contribution in [0, 0.1) is 6.92 Å². The Balaban J connectivity index is 1.73. The second-order valence-corrected chi connectivity index (χ2v) is 5.71. The number of rotatable bonds is 6. The summed E-state index contributed by atoms with van der Waals surface area (Å²) in [5.74, 6) is 0.413. The summed E-state index contributed by atoms with van der Waals surface area (Å²) in [7, 11) is 0. The van der Waals surface area contributed by atoms with E-state index in [-0.39, 0.29) is 24.8 Å². The first kappa shape index (κ1) is 17.5. The highest BCUT2D eigenvalue weighted by Gasteiger charge is 2.28. The van der Waals surface area contributed by atoms with Crippen LogP contribution in [0.1, 0.15) is 21.5 Å². The quantitative estimate of drug-likeness (QED) is 0.451. The van der Waals surface area contributed by atoms with Gasteiger partial charge in [0.25, 0.3) is 0 Å². The van der Waals surface area contributed by atoms with E-state index >= 15 is 0 Å². The van der Waals surface area contributed by atoms with E-state index in [0.717, 1.165) is 11.1 Å². The Morgan fingerprint density at radius 2 is 2.04 bits per heavy atom. The van der Waals surface area contributed by atoms with E-state index in [1.807, 2.05) is 31.2 Å². The molecule has 0 atom stereocenters. The van der Waals surface area contributed by atoms with Crippen molar-refractivity contribution >= 4 is 17.8 Å². The number of benzene rings is 2. The standard InChI is InChI=1S/C21H18O5/c1-3-10-24-20(22)13-25-16-8-9-17-18(12-16)26-19(21(17)23)11-15-7-5-4-6-14(15)2/h3-9,11-12H,1,10,13H2,2H3/b19-11-. The molecular weight excluding hydrogens is 332 g/mol. The molecule has 1 aliphatic rings. The highest BCUT2D eigenvalue weighted by atomic mass is 16.6. The van der Waals surface area contributed by atoms with Crippen molar-refractivity contribution in [3.63, 3.8) is 0 Å². The number of Topliss-reactive ketones (excluding diaryl/α,β-unsaturated/α-hetero) is 1. The van der Waals surface area contributed by atoms with Crippen LogP contribution in [0.25, 0.3) is 6.08 Å². The Bertz CT molecular complexity index is 895. The van der Waals surface area contributed by atoms with Gasteiger partial charge in [-0.25, -0.2) is 4.79 Å². The maximum absolute atomic E-state index is 12.5. The van der Waals surface area contributed by atoms with Gasteiger partial charge in [0.2, 0.25) is 5.78 Å². The maximum atomic E-state index is 12.5. The molecule has 1 aliphatic heterocycles. The summed E-state index contributed by atoms with van der Waals surface area (Å²) in [6.07, 6.45) is 3.21. The van der Waals surface area contributed by atoms with Crippen molar-refractivity contribution in [3.05, 3.63) is 77.6 Å². The number of allylic oxidation sites excluding steroid dienone is 1. The first-order valence-corrected chi connectivity index (χ1v) is 8.11. The van der Waals surface area contributed by atoms with Gasteiger partial charge in [0.05, 0.1) is 5.56 Å². The Morgan fingerprint density at radius 3 is 2.81 bits per heavy atom. The third-order valence-corrected chi connectivity index (χ3v) is 3.84. The molecule has 5 heteroatoms. The van der Waals surface area contributed by atoms with Gasteiger partial charge in [0.15, 0.2) is 12.4 Å². The summed E-state index contributed by atoms with van der Waals surface area (Å²) < 4.78 is 15.9. The summed E-state index contributed by atoms with van der Waals surface area (Å²) in [5.41, 5.74) is 2.44. The summed E-state index contributed by atoms with van der Waals surface area (Å²) in [6.45, 7) is 5.34. The van der Waals surface area contributed by atoms with Crippen LogP contribution in [0.3, 0.4) is 0 Å². The second kappa shape index (κ2) is 7.70. The van der Waals surface area contributed by atoms with Crippen LogP contribution in [0.4, 0.5) is 0 Å². The molecule has 0 saturated carbocycles. The van der Waals surface area contributed by atoms with Crippen LogP contribution in [-0.4, -0.2) is 25.0 Å². The van der Waals surface area contributed by atoms with Crippen LogP contribution in [-0.2, 0) is 9.53 Å². The van der Waals surface area contributed by atoms with Crippen LogP contribution < -0.4 is 9.47 Å². The predicted molar refractivity (Wildman–Crippen MR) is 97.2 cm³/mol. The molecule has 3 rings (SSSR count). The first-order valence-electron chi connectivity index (χ1n) is 8.11. The molecule has 0 saturated heterocycles. The Morgan fingerprint density at radius 1 is 1.23 bits per heavy atom. The summed E-state index contributed by atoms with van der Waals surface area (Å²) >= 11 is 0. The van der Waals surface area contributed by atoms with Gasteiger partial charge in [-0.1, -0.05) is 36.9 Å². The molecule has 1 heterocycles. The van der Waals surface area contributed by atoms with Crippen LogP contribution >= 0.6 is 0 Å². The minimum absolute atomic E-state index is 0.136. The third kappa shape index (κ3) is 3.83. The van der Waals surface area contributed by atoms with Crippen molar-refractivity contribution in [2.45, 2.75) is 6.92 Å². The van der Waals surface area contributed by atoms with Gasteiger partial charge in [0, 0.05) is 6.07 Å². The van der Waals surface area contributed by atoms with Crippen molar-refractivity contribution in [3.8, 4) is 11.5 Å². The predicted octanol–water partition coefficient (Wildman–Crippen LogP) is 3.72. The van der Waals surface area contributed by atoms with E-state index in [0.29, 0.717) is 17.1 Å². The fourth-order valence-electron chi connectivity index (χ4n) is 2.48. The van der Waals surface area contributed by atoms with Gasteiger partial charge in [-0.05, 0) is 36.3 Å². The van der Waals surface area contributed by atoms with Gasteiger partial charge in [-0.2, -0.15) is 0 Å². The third-order valence-electron chi connectivity index (χ3n) is 3.84. The van der Waals surface area contributed by atoms with Crippen LogP contribution in [0.5, 0.6) is 11.5 Å². The SMILES string of the molecule is C=CCOC(=O)COc1ccc2c(c1)O/C(=C\c1ccccc1C)C2=O. The largest absolute Gasteiger partial charge is 0.482 e. The van der Waals surface area contributed by atoms with E-state index in [1.165, 1.54) is 6.08 Å². The lowest BCUT2D eigenvalue weighted by atomic mass is 10.1. The number of aryl methyl sites for hydroxylation is 1. The Labute approximate surface area is 151 Å². The van der Waals surface area contributed by atoms with Crippen molar-refractivity contribution < 1.29 is 23.8 Å². The molecule has 26 heavy (non-hydrogen) atoms. The molecule has 0 aliphatic carbocycles. The van der Waals surface area contributed by atoms with Crippen molar-refractivity contribution in [2.75, 3.05) is 13.2 Å². The zero-order valence-electron chi connectivity index (χ0n) is 14.4. The molecule has 0 fully saturated rings. The van der Waals surface area contributed by atoms with Gasteiger partial charge < -0.3 is 14.2 Å². The highest BCUT2D eigenvalue weighted by molar-refractivity contribution is 6.14. The topological polar surface area (TPSA) is 61.8 Å². The highest BCUT2D eigenvalue weighted by Crippen LogP contribution is 2.35. The number of ether oxygens (including phenoxy) is 3. The molecule has 0 N–H and O–H groups in total. The lowest BCUT2D eigenvalue weighted by Gasteiger charge is -2.06. The normalized spacial score (nSPS) is 13.9. The van der Waals surface area contributed by atoms with Crippen LogP contribution in [0.2, 0.25) is 0 Å². The van der Waals surface area contributed by atoms with Crippen molar-refractivity contribution in [1.82, 2.24) is 0 Å². The van der Waals surface area contributed by atoms with Gasteiger partial charge in [-0.15, -0.1) is 0 Å². The fraction of sp³-hybridized carbons (Fsp3) is 0.143. The number of ketones is 1. The molecule has 132 valence electrons. The summed E-state index contributed by atoms with van der Waals surface area (Å²) in [6, 6.07) is 12.6. The zero-order valence-corrected chi connectivity index (χ0v) is 14.4. The van der Waals surface area contributed by atoms with E-state index in [1.54, 1.807) is 24.3 Å². The van der Waals surface area contributed by atoms with Crippen molar-refractivity contribution in [2.24, 2.45) is 0 Å². The lowest BCUT2D eigenvalue weighted by Crippen LogP contribution is -2.14. The molecule has 5 nitrogen and oxygen atoms in total. The molecule has 0 spiro atoms. The minimum atomic E-state index is -0.498. The minimum Gasteiger partial charge on any atom is -0.482 e. The fourth-order valence-corrected chi connectivity index (χ4v) is 2.48. The monoisotopic (exact) mass is 350 g/mol. The number of carbonyl (C=O) groups excluding carboxylic acids is 2. The molecule has 0 radical (unpaired) electrons. The maximum Gasteiger partial charge on any atom is 0.344 e. The first-order chi connectivity index (χ1) is 12.6. The number of hydrogen-bond acceptors (Lipinski definition) is 5. The number of carbonyl (C=O) groups is 2. The molecule has 0 bridgehead atoms. The molecule has 2 aromatic carbocycles. The average Bonchev–Trinajstić information content (AvgIpc) is 2.95. The number of hydrogen-bond donors (Lipinski definition) is 0. The number of esters is 1. The molecule has 0 aromatic heterocycles. The lowest BCUT2D eigenvalue weighted by molar-refractivity contribution is -0.144. The average molecular weight is 350 g/mol. The molecule has 2 aromatic rings. The zero-order chi connectivity index (χ0) is 18.5. The van der Waals surface area contributed by atoms with Gasteiger partial charge in [-0.3, -0.25) is 4.79 Å². The second-order valence-electron chi connectivity index (χ2n) is 5.71. The molecule has 0 amide bonds. The van der Waals surface area contributed by atoms with Crippen molar-refractivity contribution in [1.29, 1.82) is 0 Å². The van der Waals surface area contributed by atoms with Gasteiger partial charge >= 0.3 is 5.97 Å². The molecule has 0 unspecified atom stereocenters. The molecular formula is C21H18O5. The smallest absolute Gasteiger partial charge is 0.344 e. The summed E-state index contributed by atoms with van der Waals surface area (Å²) in [5, 5.41) is 0. The van der Waals surface area contributed by atoms with E-state index < -0.39 is 5.97 Å². The Kier molecular flexibility index (Phi) is 5.17. The van der Waals surface area contributed by atoms with Gasteiger partial charge in [0.1, 0.15) is 18.1 Å². The van der Waals surface area contributed by atoms with E-state index in [9.17, 15) is 9.59 Å². The van der Waals surface area contributed by atoms with E-state index in [2.05, 4.69) is 6.58 Å². The van der Waals surface area contributed by atoms with Crippen LogP contribution in [0.15, 0.2) is 60.9 Å². The van der Waals surface area contributed by atoms with E-state index in [4.69, 9.17) is 14.2 Å². The number of fused-ring (bicyclic) bond motifs is 1. The summed E-state index contributed by atoms with van der Waals surface area (Å²) in [4.78, 5) is 23.9. The Hall–Kier alpha value is -3.34.